The standard InChI is InChI=1S/C10H14N6O/c17-10-13-12-9-6-8(11-7-16(9)10)14-15-4-2-1-3-5-15/h6-7,14H,1-5H2,(H,13,17). The molecule has 3 rings (SSSR count). The molecule has 0 atom stereocenters. The predicted octanol–water partition coefficient (Wildman–Crippen LogP) is 0.230. The van der Waals surface area contributed by atoms with Gasteiger partial charge in [0, 0.05) is 19.2 Å². The molecule has 0 spiro atoms. The van der Waals surface area contributed by atoms with Gasteiger partial charge in [-0.1, -0.05) is 6.42 Å². The van der Waals surface area contributed by atoms with Crippen molar-refractivity contribution in [3.8, 4) is 0 Å². The van der Waals surface area contributed by atoms with Gasteiger partial charge in [-0.15, -0.1) is 0 Å². The molecule has 2 aromatic rings. The summed E-state index contributed by atoms with van der Waals surface area (Å²) in [6.45, 7) is 2.06. The Morgan fingerprint density at radius 2 is 2.12 bits per heavy atom. The van der Waals surface area contributed by atoms with E-state index in [9.17, 15) is 4.79 Å². The Hall–Kier alpha value is -1.89. The van der Waals surface area contributed by atoms with Crippen molar-refractivity contribution in [2.45, 2.75) is 19.3 Å². The molecule has 3 heterocycles. The maximum absolute atomic E-state index is 11.3. The average Bonchev–Trinajstić information content (AvgIpc) is 2.72. The summed E-state index contributed by atoms with van der Waals surface area (Å²) in [6.07, 6.45) is 5.18. The number of nitrogens with one attached hydrogen (secondary N) is 2. The number of hydrogen-bond donors (Lipinski definition) is 2. The van der Waals surface area contributed by atoms with Crippen molar-refractivity contribution < 1.29 is 0 Å². The van der Waals surface area contributed by atoms with Crippen molar-refractivity contribution in [3.63, 3.8) is 0 Å². The summed E-state index contributed by atoms with van der Waals surface area (Å²) in [6, 6.07) is 1.76. The van der Waals surface area contributed by atoms with Gasteiger partial charge in [0.05, 0.1) is 0 Å². The highest BCUT2D eigenvalue weighted by molar-refractivity contribution is 5.47. The molecule has 1 aliphatic heterocycles. The summed E-state index contributed by atoms with van der Waals surface area (Å²) < 4.78 is 1.38. The molecular formula is C10H14N6O. The van der Waals surface area contributed by atoms with Crippen LogP contribution in [0.5, 0.6) is 0 Å². The van der Waals surface area contributed by atoms with Crippen molar-refractivity contribution in [2.24, 2.45) is 0 Å². The molecule has 17 heavy (non-hydrogen) atoms. The smallest absolute Gasteiger partial charge is 0.303 e. The van der Waals surface area contributed by atoms with E-state index in [0.29, 0.717) is 5.65 Å². The Morgan fingerprint density at radius 1 is 1.29 bits per heavy atom. The van der Waals surface area contributed by atoms with Crippen molar-refractivity contribution in [2.75, 3.05) is 18.5 Å². The SMILES string of the molecule is O=c1[nH]nc2cc(NN3CCCCC3)ncn12. The number of aromatic amines is 1. The van der Waals surface area contributed by atoms with Crippen molar-refractivity contribution in [1.82, 2.24) is 24.6 Å². The molecule has 90 valence electrons. The van der Waals surface area contributed by atoms with E-state index < -0.39 is 0 Å². The van der Waals surface area contributed by atoms with Crippen LogP contribution in [0.4, 0.5) is 5.82 Å². The highest BCUT2D eigenvalue weighted by atomic mass is 16.1. The van der Waals surface area contributed by atoms with Gasteiger partial charge >= 0.3 is 5.69 Å². The van der Waals surface area contributed by atoms with Crippen LogP contribution in [0.1, 0.15) is 19.3 Å². The molecule has 2 aromatic heterocycles. The third kappa shape index (κ3) is 2.01. The Morgan fingerprint density at radius 3 is 2.94 bits per heavy atom. The van der Waals surface area contributed by atoms with Crippen molar-refractivity contribution in [1.29, 1.82) is 0 Å². The molecular weight excluding hydrogens is 220 g/mol. The fourth-order valence-electron chi connectivity index (χ4n) is 2.04. The zero-order chi connectivity index (χ0) is 11.7. The second kappa shape index (κ2) is 4.17. The molecule has 1 fully saturated rings. The van der Waals surface area contributed by atoms with E-state index in [0.717, 1.165) is 18.9 Å². The number of nitrogens with zero attached hydrogens (tertiary/aromatic N) is 4. The molecule has 0 radical (unpaired) electrons. The maximum Gasteiger partial charge on any atom is 0.348 e. The lowest BCUT2D eigenvalue weighted by atomic mass is 10.2. The van der Waals surface area contributed by atoms with Gasteiger partial charge in [-0.25, -0.2) is 24.3 Å². The minimum Gasteiger partial charge on any atom is -0.303 e. The van der Waals surface area contributed by atoms with E-state index in [1.807, 2.05) is 0 Å². The van der Waals surface area contributed by atoms with E-state index in [-0.39, 0.29) is 5.69 Å². The number of hydrazine groups is 1. The highest BCUT2D eigenvalue weighted by Crippen LogP contribution is 2.11. The van der Waals surface area contributed by atoms with Crippen LogP contribution in [0.25, 0.3) is 5.65 Å². The molecule has 1 aliphatic rings. The van der Waals surface area contributed by atoms with Crippen LogP contribution in [0.2, 0.25) is 0 Å². The van der Waals surface area contributed by atoms with Crippen LogP contribution in [0.15, 0.2) is 17.2 Å². The maximum atomic E-state index is 11.3. The molecule has 0 bridgehead atoms. The third-order valence-electron chi connectivity index (χ3n) is 2.94. The first-order chi connectivity index (χ1) is 8.33. The normalized spacial score (nSPS) is 17.4. The lowest BCUT2D eigenvalue weighted by Crippen LogP contribution is -2.35. The highest BCUT2D eigenvalue weighted by Gasteiger charge is 2.10. The van der Waals surface area contributed by atoms with Crippen molar-refractivity contribution in [3.05, 3.63) is 22.9 Å². The van der Waals surface area contributed by atoms with E-state index in [1.54, 1.807) is 6.07 Å². The molecule has 7 heteroatoms. The van der Waals surface area contributed by atoms with E-state index in [1.165, 1.54) is 30.0 Å². The topological polar surface area (TPSA) is 78.3 Å². The van der Waals surface area contributed by atoms with Crippen LogP contribution in [-0.2, 0) is 0 Å². The second-order valence-corrected chi connectivity index (χ2v) is 4.19. The summed E-state index contributed by atoms with van der Waals surface area (Å²) in [4.78, 5) is 15.4. The molecule has 0 aliphatic carbocycles. The van der Waals surface area contributed by atoms with Gasteiger partial charge in [-0.05, 0) is 12.8 Å². The first kappa shape index (κ1) is 10.3. The quantitative estimate of drug-likeness (QED) is 0.777. The average molecular weight is 234 g/mol. The van der Waals surface area contributed by atoms with Gasteiger partial charge in [0.25, 0.3) is 0 Å². The van der Waals surface area contributed by atoms with Crippen LogP contribution >= 0.6 is 0 Å². The van der Waals surface area contributed by atoms with E-state index >= 15 is 0 Å². The number of H-pyrrole nitrogens is 1. The molecule has 0 aromatic carbocycles. The fourth-order valence-corrected chi connectivity index (χ4v) is 2.04. The summed E-state index contributed by atoms with van der Waals surface area (Å²) in [5.74, 6) is 0.721. The number of anilines is 1. The van der Waals surface area contributed by atoms with Gasteiger partial charge in [0.1, 0.15) is 12.1 Å². The zero-order valence-corrected chi connectivity index (χ0v) is 9.39. The molecule has 0 saturated carbocycles. The molecule has 2 N–H and O–H groups in total. The number of hydrogen-bond acceptors (Lipinski definition) is 5. The minimum atomic E-state index is -0.267. The van der Waals surface area contributed by atoms with Crippen LogP contribution in [-0.4, -0.2) is 37.7 Å². The lowest BCUT2D eigenvalue weighted by Gasteiger charge is -2.27. The largest absolute Gasteiger partial charge is 0.348 e. The Balaban J connectivity index is 1.82. The van der Waals surface area contributed by atoms with Gasteiger partial charge in [-0.3, -0.25) is 0 Å². The Kier molecular flexibility index (Phi) is 2.52. The summed E-state index contributed by atoms with van der Waals surface area (Å²) in [7, 11) is 0. The second-order valence-electron chi connectivity index (χ2n) is 4.19. The lowest BCUT2D eigenvalue weighted by molar-refractivity contribution is 0.272. The Bertz CT molecular complexity index is 567. The zero-order valence-electron chi connectivity index (χ0n) is 9.39. The summed E-state index contributed by atoms with van der Waals surface area (Å²) >= 11 is 0. The number of piperidine rings is 1. The number of fused-ring (bicyclic) bond motifs is 1. The number of rotatable bonds is 2. The fraction of sp³-hybridized carbons (Fsp3) is 0.500. The minimum absolute atomic E-state index is 0.267. The first-order valence-corrected chi connectivity index (χ1v) is 5.77. The van der Waals surface area contributed by atoms with Crippen LogP contribution < -0.4 is 11.1 Å². The van der Waals surface area contributed by atoms with Gasteiger partial charge in [0.15, 0.2) is 5.65 Å². The van der Waals surface area contributed by atoms with Crippen LogP contribution in [0.3, 0.4) is 0 Å². The molecule has 0 amide bonds. The van der Waals surface area contributed by atoms with Gasteiger partial charge in [0.2, 0.25) is 0 Å². The van der Waals surface area contributed by atoms with Crippen molar-refractivity contribution >= 4 is 11.5 Å². The molecule has 7 nitrogen and oxygen atoms in total. The third-order valence-corrected chi connectivity index (χ3v) is 2.94. The monoisotopic (exact) mass is 234 g/mol. The first-order valence-electron chi connectivity index (χ1n) is 5.77. The van der Waals surface area contributed by atoms with Crippen LogP contribution in [0, 0.1) is 0 Å². The Labute approximate surface area is 97.4 Å². The summed E-state index contributed by atoms with van der Waals surface area (Å²) in [5.41, 5.74) is 3.54. The summed E-state index contributed by atoms with van der Waals surface area (Å²) in [5, 5.41) is 8.43. The molecule has 1 saturated heterocycles. The molecule has 0 unspecified atom stereocenters. The predicted molar refractivity (Wildman–Crippen MR) is 62.7 cm³/mol. The van der Waals surface area contributed by atoms with E-state index in [4.69, 9.17) is 0 Å². The number of aromatic nitrogens is 4. The van der Waals surface area contributed by atoms with Gasteiger partial charge < -0.3 is 5.43 Å². The van der Waals surface area contributed by atoms with Gasteiger partial charge in [-0.2, -0.15) is 5.10 Å². The van der Waals surface area contributed by atoms with E-state index in [2.05, 4.69) is 25.6 Å².